The molecule has 1 aromatic carbocycles. The van der Waals surface area contributed by atoms with Crippen molar-refractivity contribution in [3.8, 4) is 0 Å². The summed E-state index contributed by atoms with van der Waals surface area (Å²) in [6, 6.07) is 6.94. The molecule has 4 rings (SSSR count). The molecule has 1 saturated heterocycles. The number of aliphatic carboxylic acids is 1. The maximum absolute atomic E-state index is 12.9. The summed E-state index contributed by atoms with van der Waals surface area (Å²) in [7, 11) is 0. The summed E-state index contributed by atoms with van der Waals surface area (Å²) in [5.41, 5.74) is 6.81. The van der Waals surface area contributed by atoms with Gasteiger partial charge in [0.1, 0.15) is 39.5 Å². The molecular weight excluding hydrogens is 532 g/mol. The van der Waals surface area contributed by atoms with Crippen molar-refractivity contribution in [2.24, 2.45) is 5.73 Å². The van der Waals surface area contributed by atoms with Crippen LogP contribution >= 0.6 is 23.5 Å². The van der Waals surface area contributed by atoms with E-state index < -0.39 is 46.8 Å². The van der Waals surface area contributed by atoms with Gasteiger partial charge in [0.15, 0.2) is 0 Å². The molecule has 14 heteroatoms. The van der Waals surface area contributed by atoms with Crippen molar-refractivity contribution in [2.75, 3.05) is 11.5 Å². The van der Waals surface area contributed by atoms with E-state index >= 15 is 0 Å². The van der Waals surface area contributed by atoms with Crippen LogP contribution in [0.25, 0.3) is 0 Å². The van der Waals surface area contributed by atoms with Crippen molar-refractivity contribution in [1.29, 1.82) is 0 Å². The lowest BCUT2D eigenvalue weighted by molar-refractivity contribution is -0.154. The fourth-order valence-corrected chi connectivity index (χ4v) is 6.41. The van der Waals surface area contributed by atoms with Crippen LogP contribution < -0.4 is 11.1 Å². The molecule has 2 aromatic rings. The standard InChI is InChI=1S/C24H28N6O6S2/c1-24(2,3)36-15(31)9-14-20(28-29-27-14)37-10-13-11-38-22-17(21(33)30(22)18(13)23(34)35)26-19(32)16(25)12-7-5-4-6-8-12/h4-8,16-17,22H,9-11,25H2,1-3H3,(H,26,32)(H,34,35)(H,27,28,29)/t16-,17?,22-/m1/s1. The Morgan fingerprint density at radius 1 is 1.29 bits per heavy atom. The number of rotatable bonds is 9. The summed E-state index contributed by atoms with van der Waals surface area (Å²) in [6.45, 7) is 5.30. The maximum atomic E-state index is 12.9. The number of nitrogens with two attached hydrogens (primary N) is 1. The van der Waals surface area contributed by atoms with E-state index in [1.807, 2.05) is 0 Å². The molecular formula is C24H28N6O6S2. The zero-order valence-corrected chi connectivity index (χ0v) is 22.6. The van der Waals surface area contributed by atoms with Crippen LogP contribution in [0.2, 0.25) is 0 Å². The minimum Gasteiger partial charge on any atom is -0.477 e. The average molecular weight is 561 g/mol. The van der Waals surface area contributed by atoms with Gasteiger partial charge in [0.25, 0.3) is 5.91 Å². The van der Waals surface area contributed by atoms with Crippen LogP contribution in [0.4, 0.5) is 0 Å². The van der Waals surface area contributed by atoms with Crippen LogP contribution in [-0.2, 0) is 30.3 Å². The van der Waals surface area contributed by atoms with Gasteiger partial charge in [0.05, 0.1) is 6.42 Å². The Hall–Kier alpha value is -3.36. The number of aromatic nitrogens is 3. The van der Waals surface area contributed by atoms with Gasteiger partial charge in [-0.25, -0.2) is 4.79 Å². The molecule has 3 atom stereocenters. The second-order valence-electron chi connectivity index (χ2n) is 9.67. The number of carboxylic acid groups (broad SMARTS) is 1. The van der Waals surface area contributed by atoms with Gasteiger partial charge in [0, 0.05) is 11.5 Å². The molecule has 0 spiro atoms. The van der Waals surface area contributed by atoms with Gasteiger partial charge in [-0.05, 0) is 31.9 Å². The number of fused-ring (bicyclic) bond motifs is 1. The summed E-state index contributed by atoms with van der Waals surface area (Å²) in [5, 5.41) is 23.1. The molecule has 12 nitrogen and oxygen atoms in total. The highest BCUT2D eigenvalue weighted by Crippen LogP contribution is 2.41. The van der Waals surface area contributed by atoms with Gasteiger partial charge in [-0.1, -0.05) is 42.1 Å². The van der Waals surface area contributed by atoms with E-state index in [0.29, 0.717) is 27.6 Å². The Morgan fingerprint density at radius 3 is 2.66 bits per heavy atom. The minimum absolute atomic E-state index is 0.0884. The number of ether oxygens (including phenoxy) is 1. The molecule has 1 fully saturated rings. The molecule has 0 saturated carbocycles. The first-order chi connectivity index (χ1) is 18.0. The van der Waals surface area contributed by atoms with Gasteiger partial charge >= 0.3 is 11.9 Å². The number of esters is 1. The molecule has 3 heterocycles. The van der Waals surface area contributed by atoms with Crippen molar-refractivity contribution < 1.29 is 29.0 Å². The number of nitrogens with zero attached hydrogens (tertiary/aromatic N) is 3. The lowest BCUT2D eigenvalue weighted by Gasteiger charge is -2.49. The van der Waals surface area contributed by atoms with E-state index in [-0.39, 0.29) is 17.9 Å². The van der Waals surface area contributed by atoms with Crippen molar-refractivity contribution in [1.82, 2.24) is 25.6 Å². The van der Waals surface area contributed by atoms with Crippen LogP contribution in [0.15, 0.2) is 46.6 Å². The van der Waals surface area contributed by atoms with Crippen LogP contribution in [0.5, 0.6) is 0 Å². The lowest BCUT2D eigenvalue weighted by atomic mass is 10.0. The zero-order valence-electron chi connectivity index (χ0n) is 21.0. The van der Waals surface area contributed by atoms with Gasteiger partial charge in [-0.3, -0.25) is 19.3 Å². The van der Waals surface area contributed by atoms with Gasteiger partial charge < -0.3 is 20.9 Å². The van der Waals surface area contributed by atoms with E-state index in [0.717, 1.165) is 0 Å². The number of carboxylic acids is 1. The highest BCUT2D eigenvalue weighted by Gasteiger charge is 2.54. The Labute approximate surface area is 227 Å². The second kappa shape index (κ2) is 11.2. The molecule has 2 amide bonds. The summed E-state index contributed by atoms with van der Waals surface area (Å²) >= 11 is 2.57. The van der Waals surface area contributed by atoms with Gasteiger partial charge in [0.2, 0.25) is 5.91 Å². The number of β-lactam (4-membered cyclic amide) rings is 1. The predicted octanol–water partition coefficient (Wildman–Crippen LogP) is 1.22. The summed E-state index contributed by atoms with van der Waals surface area (Å²) < 4.78 is 5.33. The Bertz CT molecular complexity index is 1270. The molecule has 0 aliphatic carbocycles. The number of nitrogens with one attached hydrogen (secondary N) is 2. The van der Waals surface area contributed by atoms with Crippen molar-refractivity contribution >= 4 is 47.3 Å². The number of thioether (sulfide) groups is 2. The molecule has 0 bridgehead atoms. The molecule has 202 valence electrons. The number of hydrogen-bond donors (Lipinski definition) is 4. The number of carbonyl (C=O) groups excluding carboxylic acids is 3. The summed E-state index contributed by atoms with van der Waals surface area (Å²) in [4.78, 5) is 51.2. The lowest BCUT2D eigenvalue weighted by Crippen LogP contribution is -2.71. The molecule has 5 N–H and O–H groups in total. The Morgan fingerprint density at radius 2 is 2.00 bits per heavy atom. The van der Waals surface area contributed by atoms with Crippen LogP contribution in [0.3, 0.4) is 0 Å². The van der Waals surface area contributed by atoms with E-state index in [1.165, 1.54) is 28.4 Å². The fraction of sp³-hybridized carbons (Fsp3) is 0.417. The molecule has 0 radical (unpaired) electrons. The smallest absolute Gasteiger partial charge is 0.352 e. The number of H-pyrrole nitrogens is 1. The number of aromatic amines is 1. The van der Waals surface area contributed by atoms with E-state index in [4.69, 9.17) is 10.5 Å². The topological polar surface area (TPSA) is 181 Å². The first kappa shape index (κ1) is 27.7. The minimum atomic E-state index is -1.24. The highest BCUT2D eigenvalue weighted by molar-refractivity contribution is 8.01. The first-order valence-electron chi connectivity index (χ1n) is 11.7. The van der Waals surface area contributed by atoms with Gasteiger partial charge in [-0.15, -0.1) is 16.9 Å². The van der Waals surface area contributed by atoms with E-state index in [2.05, 4.69) is 20.7 Å². The second-order valence-corrected chi connectivity index (χ2v) is 11.7. The molecule has 2 aliphatic rings. The van der Waals surface area contributed by atoms with Crippen LogP contribution in [-0.4, -0.2) is 77.7 Å². The average Bonchev–Trinajstić information content (AvgIpc) is 3.30. The third-order valence-corrected chi connectivity index (χ3v) is 8.12. The van der Waals surface area contributed by atoms with Crippen molar-refractivity contribution in [2.45, 2.75) is 55.3 Å². The van der Waals surface area contributed by atoms with E-state index in [1.54, 1.807) is 51.1 Å². The maximum Gasteiger partial charge on any atom is 0.352 e. The molecule has 2 aliphatic heterocycles. The fourth-order valence-electron chi connectivity index (χ4n) is 3.99. The normalized spacial score (nSPS) is 19.9. The van der Waals surface area contributed by atoms with Crippen molar-refractivity contribution in [3.05, 3.63) is 52.9 Å². The highest BCUT2D eigenvalue weighted by atomic mass is 32.2. The zero-order chi connectivity index (χ0) is 27.6. The Kier molecular flexibility index (Phi) is 8.13. The van der Waals surface area contributed by atoms with Crippen molar-refractivity contribution in [3.63, 3.8) is 0 Å². The third kappa shape index (κ3) is 6.03. The van der Waals surface area contributed by atoms with Gasteiger partial charge in [-0.2, -0.15) is 10.3 Å². The number of amides is 2. The van der Waals surface area contributed by atoms with Crippen LogP contribution in [0.1, 0.15) is 38.1 Å². The third-order valence-electron chi connectivity index (χ3n) is 5.69. The molecule has 1 unspecified atom stereocenters. The largest absolute Gasteiger partial charge is 0.477 e. The first-order valence-corrected chi connectivity index (χ1v) is 13.7. The summed E-state index contributed by atoms with van der Waals surface area (Å²) in [5.74, 6) is -2.17. The quantitative estimate of drug-likeness (QED) is 0.197. The molecule has 1 aromatic heterocycles. The van der Waals surface area contributed by atoms with E-state index in [9.17, 15) is 24.3 Å². The Balaban J connectivity index is 1.42. The van der Waals surface area contributed by atoms with Crippen LogP contribution in [0, 0.1) is 0 Å². The molecule has 38 heavy (non-hydrogen) atoms. The predicted molar refractivity (Wildman–Crippen MR) is 140 cm³/mol. The SMILES string of the molecule is CC(C)(C)OC(=O)Cc1n[nH]nc1SCC1=C(C(=O)O)N2C(=O)C(NC(=O)[C@H](N)c3ccccc3)[C@H]2SC1. The summed E-state index contributed by atoms with van der Waals surface area (Å²) in [6.07, 6.45) is -0.0884. The number of carbonyl (C=O) groups is 4. The monoisotopic (exact) mass is 560 g/mol. The number of hydrogen-bond acceptors (Lipinski definition) is 10. The number of benzene rings is 1.